The highest BCUT2D eigenvalue weighted by molar-refractivity contribution is 5.84. The van der Waals surface area contributed by atoms with Crippen LogP contribution in [-0.2, 0) is 4.84 Å². The fourth-order valence-corrected chi connectivity index (χ4v) is 2.06. The summed E-state index contributed by atoms with van der Waals surface area (Å²) in [6.45, 7) is 9.67. The van der Waals surface area contributed by atoms with E-state index in [0.717, 1.165) is 18.8 Å². The Morgan fingerprint density at radius 2 is 1.86 bits per heavy atom. The lowest BCUT2D eigenvalue weighted by Crippen LogP contribution is -2.25. The van der Waals surface area contributed by atoms with Crippen LogP contribution < -0.4 is 0 Å². The predicted octanol–water partition coefficient (Wildman–Crippen LogP) is 3.62. The average Bonchev–Trinajstić information content (AvgIpc) is 2.14. The summed E-state index contributed by atoms with van der Waals surface area (Å²) < 4.78 is 0. The Morgan fingerprint density at radius 3 is 2.29 bits per heavy atom. The van der Waals surface area contributed by atoms with E-state index in [9.17, 15) is 0 Å². The van der Waals surface area contributed by atoms with Crippen LogP contribution in [0, 0.1) is 11.3 Å². The van der Waals surface area contributed by atoms with Gasteiger partial charge in [0, 0.05) is 0 Å². The van der Waals surface area contributed by atoms with Crippen molar-refractivity contribution < 1.29 is 4.84 Å². The van der Waals surface area contributed by atoms with Gasteiger partial charge in [0.1, 0.15) is 6.61 Å². The molecule has 1 fully saturated rings. The van der Waals surface area contributed by atoms with Gasteiger partial charge < -0.3 is 4.84 Å². The van der Waals surface area contributed by atoms with Crippen molar-refractivity contribution in [2.45, 2.75) is 53.4 Å². The maximum Gasteiger partial charge on any atom is 0.114 e. The molecule has 0 aliphatic heterocycles. The summed E-state index contributed by atoms with van der Waals surface area (Å²) in [4.78, 5) is 5.08. The zero-order chi connectivity index (χ0) is 10.6. The summed E-state index contributed by atoms with van der Waals surface area (Å²) in [5.74, 6) is 0.850. The van der Waals surface area contributed by atoms with Gasteiger partial charge >= 0.3 is 0 Å². The minimum atomic E-state index is 0.455. The van der Waals surface area contributed by atoms with E-state index in [1.807, 2.05) is 6.92 Å². The Labute approximate surface area is 87.7 Å². The highest BCUT2D eigenvalue weighted by Gasteiger charge is 2.28. The Morgan fingerprint density at radius 1 is 1.29 bits per heavy atom. The first-order valence-electron chi connectivity index (χ1n) is 5.71. The first-order valence-corrected chi connectivity index (χ1v) is 5.71. The van der Waals surface area contributed by atoms with E-state index in [1.54, 1.807) is 0 Å². The Hall–Kier alpha value is -0.530. The summed E-state index contributed by atoms with van der Waals surface area (Å²) in [5.41, 5.74) is 1.71. The van der Waals surface area contributed by atoms with E-state index in [1.165, 1.54) is 18.6 Å². The van der Waals surface area contributed by atoms with Gasteiger partial charge in [-0.1, -0.05) is 25.9 Å². The second-order valence-corrected chi connectivity index (χ2v) is 5.22. The second kappa shape index (κ2) is 4.81. The van der Waals surface area contributed by atoms with Crippen LogP contribution in [0.15, 0.2) is 5.16 Å². The zero-order valence-electron chi connectivity index (χ0n) is 9.97. The molecule has 0 atom stereocenters. The van der Waals surface area contributed by atoms with Gasteiger partial charge in [0.05, 0.1) is 5.71 Å². The lowest BCUT2D eigenvalue weighted by molar-refractivity contribution is 0.152. The molecule has 0 unspecified atom stereocenters. The number of hydrogen-bond acceptors (Lipinski definition) is 2. The van der Waals surface area contributed by atoms with Crippen LogP contribution >= 0.6 is 0 Å². The van der Waals surface area contributed by atoms with Crippen molar-refractivity contribution in [2.24, 2.45) is 16.5 Å². The fourth-order valence-electron chi connectivity index (χ4n) is 2.06. The maximum atomic E-state index is 5.08. The molecule has 0 heterocycles. The van der Waals surface area contributed by atoms with E-state index < -0.39 is 0 Å². The summed E-state index contributed by atoms with van der Waals surface area (Å²) in [5, 5.41) is 4.13. The van der Waals surface area contributed by atoms with Gasteiger partial charge in [-0.2, -0.15) is 0 Å². The van der Waals surface area contributed by atoms with Crippen molar-refractivity contribution in [2.75, 3.05) is 6.61 Å². The number of nitrogens with zero attached hydrogens (tertiary/aromatic N) is 1. The van der Waals surface area contributed by atoms with E-state index in [0.29, 0.717) is 12.0 Å². The number of hydrogen-bond donors (Lipinski definition) is 0. The topological polar surface area (TPSA) is 21.6 Å². The van der Waals surface area contributed by atoms with Gasteiger partial charge in [0.25, 0.3) is 0 Å². The molecule has 0 aromatic heterocycles. The van der Waals surface area contributed by atoms with Gasteiger partial charge in [0.15, 0.2) is 0 Å². The molecule has 0 radical (unpaired) electrons. The Kier molecular flexibility index (Phi) is 3.97. The van der Waals surface area contributed by atoms with Gasteiger partial charge in [-0.25, -0.2) is 0 Å². The Balaban J connectivity index is 2.38. The minimum Gasteiger partial charge on any atom is -0.396 e. The molecule has 1 saturated carbocycles. The van der Waals surface area contributed by atoms with Crippen molar-refractivity contribution in [1.29, 1.82) is 0 Å². The molecule has 1 aliphatic rings. The molecule has 0 bridgehead atoms. The van der Waals surface area contributed by atoms with Crippen LogP contribution in [0.2, 0.25) is 0 Å². The van der Waals surface area contributed by atoms with Crippen molar-refractivity contribution in [3.8, 4) is 0 Å². The van der Waals surface area contributed by atoms with Crippen LogP contribution in [0.25, 0.3) is 0 Å². The molecule has 0 saturated heterocycles. The fraction of sp³-hybridized carbons (Fsp3) is 0.917. The molecule has 2 heteroatoms. The maximum absolute atomic E-state index is 5.08. The molecule has 0 amide bonds. The second-order valence-electron chi connectivity index (χ2n) is 5.22. The molecule has 0 N–H and O–H groups in total. The summed E-state index contributed by atoms with van der Waals surface area (Å²) in [6.07, 6.45) is 4.80. The third-order valence-corrected chi connectivity index (χ3v) is 3.11. The monoisotopic (exact) mass is 197 g/mol. The largest absolute Gasteiger partial charge is 0.396 e. The summed E-state index contributed by atoms with van der Waals surface area (Å²) >= 11 is 0. The third kappa shape index (κ3) is 3.32. The lowest BCUT2D eigenvalue weighted by atomic mass is 9.72. The van der Waals surface area contributed by atoms with Crippen molar-refractivity contribution in [3.05, 3.63) is 0 Å². The van der Waals surface area contributed by atoms with Crippen LogP contribution in [0.5, 0.6) is 0 Å². The van der Waals surface area contributed by atoms with Crippen LogP contribution in [0.3, 0.4) is 0 Å². The smallest absolute Gasteiger partial charge is 0.114 e. The van der Waals surface area contributed by atoms with E-state index in [4.69, 9.17) is 4.84 Å². The predicted molar refractivity (Wildman–Crippen MR) is 60.5 cm³/mol. The van der Waals surface area contributed by atoms with Gasteiger partial charge in [0.2, 0.25) is 0 Å². The molecule has 14 heavy (non-hydrogen) atoms. The van der Waals surface area contributed by atoms with Crippen molar-refractivity contribution >= 4 is 5.71 Å². The van der Waals surface area contributed by atoms with E-state index in [2.05, 4.69) is 25.9 Å². The molecule has 82 valence electrons. The number of oxime groups is 1. The first kappa shape index (κ1) is 11.5. The lowest BCUT2D eigenvalue weighted by Gasteiger charge is -2.34. The molecule has 0 aromatic carbocycles. The molecule has 1 rings (SSSR count). The molecular formula is C12H23NO. The first-order chi connectivity index (χ1) is 6.54. The van der Waals surface area contributed by atoms with E-state index >= 15 is 0 Å². The highest BCUT2D eigenvalue weighted by atomic mass is 16.6. The minimum absolute atomic E-state index is 0.455. The zero-order valence-corrected chi connectivity index (χ0v) is 9.97. The SMILES string of the molecule is CCON=C1CCC(C(C)(C)C)CC1. The Bertz CT molecular complexity index is 193. The van der Waals surface area contributed by atoms with Crippen molar-refractivity contribution in [3.63, 3.8) is 0 Å². The highest BCUT2D eigenvalue weighted by Crippen LogP contribution is 2.36. The standard InChI is InChI=1S/C12H23NO/c1-5-14-13-11-8-6-10(7-9-11)12(2,3)4/h10H,5-9H2,1-4H3. The third-order valence-electron chi connectivity index (χ3n) is 3.11. The van der Waals surface area contributed by atoms with Crippen LogP contribution in [-0.4, -0.2) is 12.3 Å². The quantitative estimate of drug-likeness (QED) is 0.620. The van der Waals surface area contributed by atoms with Gasteiger partial charge in [-0.15, -0.1) is 0 Å². The molecule has 0 spiro atoms. The van der Waals surface area contributed by atoms with Crippen LogP contribution in [0.4, 0.5) is 0 Å². The molecule has 2 nitrogen and oxygen atoms in total. The molecule has 1 aliphatic carbocycles. The normalized spacial score (nSPS) is 23.4. The van der Waals surface area contributed by atoms with Crippen molar-refractivity contribution in [1.82, 2.24) is 0 Å². The average molecular weight is 197 g/mol. The number of rotatable bonds is 2. The van der Waals surface area contributed by atoms with Gasteiger partial charge in [-0.3, -0.25) is 0 Å². The molecular weight excluding hydrogens is 174 g/mol. The van der Waals surface area contributed by atoms with E-state index in [-0.39, 0.29) is 0 Å². The van der Waals surface area contributed by atoms with Crippen LogP contribution in [0.1, 0.15) is 53.4 Å². The summed E-state index contributed by atoms with van der Waals surface area (Å²) in [7, 11) is 0. The summed E-state index contributed by atoms with van der Waals surface area (Å²) in [6, 6.07) is 0. The van der Waals surface area contributed by atoms with Gasteiger partial charge in [-0.05, 0) is 43.9 Å². The molecule has 0 aromatic rings.